The summed E-state index contributed by atoms with van der Waals surface area (Å²) in [6.45, 7) is 8.02. The van der Waals surface area contributed by atoms with E-state index in [1.165, 1.54) is 11.6 Å². The summed E-state index contributed by atoms with van der Waals surface area (Å²) in [7, 11) is -3.55. The summed E-state index contributed by atoms with van der Waals surface area (Å²) in [5, 5.41) is 3.48. The fraction of sp³-hybridized carbons (Fsp3) is 0.375. The fourth-order valence-electron chi connectivity index (χ4n) is 3.76. The Morgan fingerprint density at radius 2 is 1.70 bits per heavy atom. The van der Waals surface area contributed by atoms with Gasteiger partial charge in [0.1, 0.15) is 0 Å². The molecule has 0 spiro atoms. The van der Waals surface area contributed by atoms with E-state index in [9.17, 15) is 13.2 Å². The van der Waals surface area contributed by atoms with Gasteiger partial charge in [0, 0.05) is 31.7 Å². The molecule has 1 saturated heterocycles. The van der Waals surface area contributed by atoms with Gasteiger partial charge in [-0.1, -0.05) is 47.1 Å². The molecule has 0 bridgehead atoms. The summed E-state index contributed by atoms with van der Waals surface area (Å²) >= 11 is 0. The maximum absolute atomic E-state index is 13.1. The molecular formula is C24H28N4O4S. The summed E-state index contributed by atoms with van der Waals surface area (Å²) in [5.74, 6) is 0.828. The van der Waals surface area contributed by atoms with Crippen molar-refractivity contribution >= 4 is 15.7 Å². The second kappa shape index (κ2) is 9.44. The minimum Gasteiger partial charge on any atom is -0.338 e. The number of benzene rings is 2. The number of piperazine rings is 1. The van der Waals surface area contributed by atoms with Crippen molar-refractivity contribution in [3.05, 3.63) is 65.5 Å². The number of carbonyl (C=O) groups excluding carboxylic acids is 1. The van der Waals surface area contributed by atoms with Crippen molar-refractivity contribution in [1.29, 1.82) is 0 Å². The highest BCUT2D eigenvalue weighted by Crippen LogP contribution is 2.23. The van der Waals surface area contributed by atoms with Crippen molar-refractivity contribution in [2.75, 3.05) is 26.2 Å². The number of aryl methyl sites for hydroxylation is 1. The number of hydrogen-bond donors (Lipinski definition) is 0. The van der Waals surface area contributed by atoms with E-state index in [-0.39, 0.29) is 16.4 Å². The van der Waals surface area contributed by atoms with Gasteiger partial charge < -0.3 is 9.42 Å². The molecule has 4 rings (SSSR count). The van der Waals surface area contributed by atoms with Crippen LogP contribution in [-0.4, -0.2) is 65.7 Å². The highest BCUT2D eigenvalue weighted by Gasteiger charge is 2.29. The van der Waals surface area contributed by atoms with E-state index in [1.54, 1.807) is 36.9 Å². The van der Waals surface area contributed by atoms with Gasteiger partial charge in [0.15, 0.2) is 9.84 Å². The molecule has 2 aromatic carbocycles. The van der Waals surface area contributed by atoms with Crippen molar-refractivity contribution in [3.8, 4) is 11.4 Å². The van der Waals surface area contributed by atoms with Crippen LogP contribution in [0.4, 0.5) is 0 Å². The van der Waals surface area contributed by atoms with E-state index < -0.39 is 15.1 Å². The molecule has 8 nitrogen and oxygen atoms in total. The van der Waals surface area contributed by atoms with Crippen LogP contribution >= 0.6 is 0 Å². The molecule has 2 heterocycles. The lowest BCUT2D eigenvalue weighted by Crippen LogP contribution is -2.48. The van der Waals surface area contributed by atoms with Gasteiger partial charge in [-0.05, 0) is 32.9 Å². The van der Waals surface area contributed by atoms with Gasteiger partial charge >= 0.3 is 0 Å². The smallest absolute Gasteiger partial charge is 0.255 e. The van der Waals surface area contributed by atoms with Crippen molar-refractivity contribution in [2.45, 2.75) is 37.5 Å². The van der Waals surface area contributed by atoms with E-state index in [2.05, 4.69) is 15.0 Å². The average Bonchev–Trinajstić information content (AvgIpc) is 3.28. The third-order valence-corrected chi connectivity index (χ3v) is 8.05. The van der Waals surface area contributed by atoms with Crippen LogP contribution in [-0.2, 0) is 16.4 Å². The maximum Gasteiger partial charge on any atom is 0.255 e. The van der Waals surface area contributed by atoms with Crippen molar-refractivity contribution < 1.29 is 17.7 Å². The second-order valence-electron chi connectivity index (χ2n) is 8.54. The van der Waals surface area contributed by atoms with Crippen molar-refractivity contribution in [3.63, 3.8) is 0 Å². The van der Waals surface area contributed by atoms with Gasteiger partial charge in [-0.25, -0.2) is 8.42 Å². The van der Waals surface area contributed by atoms with Gasteiger partial charge in [-0.15, -0.1) is 0 Å². The zero-order valence-electron chi connectivity index (χ0n) is 19.1. The Labute approximate surface area is 194 Å². The predicted octanol–water partition coefficient (Wildman–Crippen LogP) is 3.19. The summed E-state index contributed by atoms with van der Waals surface area (Å²) in [5.41, 5.74) is 2.31. The van der Waals surface area contributed by atoms with Gasteiger partial charge in [0.2, 0.25) is 11.7 Å². The SMILES string of the molecule is Cc1ccc(-c2noc(CN3CCN(C(=O)c4ccccc4S(=O)(=O)C(C)C)CC3)n2)cc1. The normalized spacial score (nSPS) is 15.2. The summed E-state index contributed by atoms with van der Waals surface area (Å²) < 4.78 is 30.8. The molecule has 0 N–H and O–H groups in total. The number of carbonyl (C=O) groups is 1. The number of rotatable bonds is 6. The quantitative estimate of drug-likeness (QED) is 0.548. The van der Waals surface area contributed by atoms with Crippen LogP contribution in [0.1, 0.15) is 35.7 Å². The molecule has 0 atom stereocenters. The van der Waals surface area contributed by atoms with E-state index in [1.807, 2.05) is 31.2 Å². The Kier molecular flexibility index (Phi) is 6.62. The second-order valence-corrected chi connectivity index (χ2v) is 11.0. The topological polar surface area (TPSA) is 96.6 Å². The zero-order valence-corrected chi connectivity index (χ0v) is 19.9. The van der Waals surface area contributed by atoms with Crippen molar-refractivity contribution in [2.24, 2.45) is 0 Å². The molecule has 1 aliphatic rings. The zero-order chi connectivity index (χ0) is 23.6. The molecule has 0 saturated carbocycles. The van der Waals surface area contributed by atoms with E-state index in [0.29, 0.717) is 44.4 Å². The largest absolute Gasteiger partial charge is 0.338 e. The standard InChI is InChI=1S/C24H28N4O4S/c1-17(2)33(30,31)21-7-5-4-6-20(21)24(29)28-14-12-27(13-15-28)16-22-25-23(26-32-22)19-10-8-18(3)9-11-19/h4-11,17H,12-16H2,1-3H3. The van der Waals surface area contributed by atoms with Gasteiger partial charge in [-0.2, -0.15) is 4.98 Å². The summed E-state index contributed by atoms with van der Waals surface area (Å²) in [6.07, 6.45) is 0. The van der Waals surface area contributed by atoms with Crippen LogP contribution < -0.4 is 0 Å². The molecule has 0 radical (unpaired) electrons. The summed E-state index contributed by atoms with van der Waals surface area (Å²) in [6, 6.07) is 14.4. The lowest BCUT2D eigenvalue weighted by Gasteiger charge is -2.34. The highest BCUT2D eigenvalue weighted by molar-refractivity contribution is 7.92. The van der Waals surface area contributed by atoms with Crippen molar-refractivity contribution in [1.82, 2.24) is 19.9 Å². The molecule has 174 valence electrons. The van der Waals surface area contributed by atoms with E-state index in [4.69, 9.17) is 4.52 Å². The molecule has 1 aliphatic heterocycles. The number of nitrogens with zero attached hydrogens (tertiary/aromatic N) is 4. The molecule has 1 aromatic heterocycles. The molecule has 1 fully saturated rings. The number of sulfone groups is 1. The molecule has 0 aliphatic carbocycles. The average molecular weight is 469 g/mol. The van der Waals surface area contributed by atoms with E-state index >= 15 is 0 Å². The van der Waals surface area contributed by atoms with Crippen LogP contribution in [0, 0.1) is 6.92 Å². The van der Waals surface area contributed by atoms with E-state index in [0.717, 1.165) is 5.56 Å². The third-order valence-electron chi connectivity index (χ3n) is 5.84. The minimum atomic E-state index is -3.55. The Balaban J connectivity index is 1.39. The highest BCUT2D eigenvalue weighted by atomic mass is 32.2. The lowest BCUT2D eigenvalue weighted by molar-refractivity contribution is 0.0611. The van der Waals surface area contributed by atoms with Gasteiger partial charge in [0.25, 0.3) is 5.91 Å². The Hall–Kier alpha value is -3.04. The first-order chi connectivity index (χ1) is 15.8. The van der Waals surface area contributed by atoms with Crippen LogP contribution in [0.15, 0.2) is 57.9 Å². The van der Waals surface area contributed by atoms with Crippen LogP contribution in [0.5, 0.6) is 0 Å². The fourth-order valence-corrected chi connectivity index (χ4v) is 4.99. The molecule has 9 heteroatoms. The summed E-state index contributed by atoms with van der Waals surface area (Å²) in [4.78, 5) is 21.6. The minimum absolute atomic E-state index is 0.0990. The molecule has 1 amide bonds. The predicted molar refractivity (Wildman–Crippen MR) is 124 cm³/mol. The van der Waals surface area contributed by atoms with Crippen LogP contribution in [0.2, 0.25) is 0 Å². The Morgan fingerprint density at radius 1 is 1.03 bits per heavy atom. The molecular weight excluding hydrogens is 440 g/mol. The molecule has 0 unspecified atom stereocenters. The maximum atomic E-state index is 13.1. The first-order valence-corrected chi connectivity index (χ1v) is 12.5. The Morgan fingerprint density at radius 3 is 2.36 bits per heavy atom. The first kappa shape index (κ1) is 23.1. The number of aromatic nitrogens is 2. The lowest BCUT2D eigenvalue weighted by atomic mass is 10.1. The number of amides is 1. The first-order valence-electron chi connectivity index (χ1n) is 11.0. The van der Waals surface area contributed by atoms with Gasteiger partial charge in [0.05, 0.1) is 22.3 Å². The third kappa shape index (κ3) is 4.99. The van der Waals surface area contributed by atoms with Gasteiger partial charge in [-0.3, -0.25) is 9.69 Å². The van der Waals surface area contributed by atoms with Crippen LogP contribution in [0.3, 0.4) is 0 Å². The number of hydrogen-bond acceptors (Lipinski definition) is 7. The Bertz CT molecular complexity index is 1230. The van der Waals surface area contributed by atoms with Crippen LogP contribution in [0.25, 0.3) is 11.4 Å². The monoisotopic (exact) mass is 468 g/mol. The molecule has 3 aromatic rings. The molecule has 33 heavy (non-hydrogen) atoms.